The molecule has 0 saturated heterocycles. The lowest BCUT2D eigenvalue weighted by atomic mass is 10.1. The molecule has 0 aliphatic rings. The van der Waals surface area contributed by atoms with Crippen LogP contribution in [0.25, 0.3) is 10.9 Å². The summed E-state index contributed by atoms with van der Waals surface area (Å²) in [5, 5.41) is 12.7. The molecule has 22 heavy (non-hydrogen) atoms. The fourth-order valence-corrected chi connectivity index (χ4v) is 2.50. The second-order valence-corrected chi connectivity index (χ2v) is 5.32. The lowest BCUT2D eigenvalue weighted by Crippen LogP contribution is -2.13. The number of fused-ring (bicyclic) bond motifs is 1. The zero-order chi connectivity index (χ0) is 15.7. The van der Waals surface area contributed by atoms with Gasteiger partial charge in [0.1, 0.15) is 5.69 Å². The van der Waals surface area contributed by atoms with E-state index >= 15 is 0 Å². The smallest absolute Gasteiger partial charge is 0.272 e. The maximum Gasteiger partial charge on any atom is 0.272 e. The molecular weight excluding hydrogens is 274 g/mol. The average Bonchev–Trinajstić information content (AvgIpc) is 2.84. The molecule has 4 heteroatoms. The van der Waals surface area contributed by atoms with Crippen molar-refractivity contribution in [3.05, 3.63) is 64.8 Å². The Bertz CT molecular complexity index is 898. The number of carbonyl (C=O) groups excluding carboxylic acids is 1. The maximum absolute atomic E-state index is 12.4. The SMILES string of the molecule is Cc1ccc2c(C)c(C(=O)Nc3ccc(C#N)cc3)[nH]c2c1. The second kappa shape index (κ2) is 5.38. The lowest BCUT2D eigenvalue weighted by Gasteiger charge is -2.04. The van der Waals surface area contributed by atoms with Crippen molar-refractivity contribution in [2.45, 2.75) is 13.8 Å². The third-order valence-electron chi connectivity index (χ3n) is 3.71. The summed E-state index contributed by atoms with van der Waals surface area (Å²) in [7, 11) is 0. The van der Waals surface area contributed by atoms with Gasteiger partial charge in [-0.1, -0.05) is 12.1 Å². The van der Waals surface area contributed by atoms with Gasteiger partial charge in [0.05, 0.1) is 11.6 Å². The molecule has 0 aliphatic carbocycles. The number of nitrogens with zero attached hydrogens (tertiary/aromatic N) is 1. The van der Waals surface area contributed by atoms with Gasteiger partial charge in [-0.3, -0.25) is 4.79 Å². The summed E-state index contributed by atoms with van der Waals surface area (Å²) in [6.07, 6.45) is 0. The van der Waals surface area contributed by atoms with Crippen LogP contribution in [0.5, 0.6) is 0 Å². The van der Waals surface area contributed by atoms with E-state index in [2.05, 4.69) is 16.4 Å². The molecule has 0 atom stereocenters. The van der Waals surface area contributed by atoms with Gasteiger partial charge < -0.3 is 10.3 Å². The van der Waals surface area contributed by atoms with Crippen molar-refractivity contribution in [1.29, 1.82) is 5.26 Å². The minimum absolute atomic E-state index is 0.184. The Hall–Kier alpha value is -3.06. The largest absolute Gasteiger partial charge is 0.350 e. The van der Waals surface area contributed by atoms with Crippen LogP contribution in [-0.4, -0.2) is 10.9 Å². The Morgan fingerprint density at radius 2 is 1.86 bits per heavy atom. The molecule has 4 nitrogen and oxygen atoms in total. The van der Waals surface area contributed by atoms with Crippen LogP contribution in [0.1, 0.15) is 27.2 Å². The molecule has 0 aliphatic heterocycles. The summed E-state index contributed by atoms with van der Waals surface area (Å²) in [6.45, 7) is 3.95. The van der Waals surface area contributed by atoms with Crippen LogP contribution >= 0.6 is 0 Å². The van der Waals surface area contributed by atoms with E-state index in [4.69, 9.17) is 5.26 Å². The predicted molar refractivity (Wildman–Crippen MR) is 86.9 cm³/mol. The first-order valence-electron chi connectivity index (χ1n) is 6.99. The Morgan fingerprint density at radius 3 is 2.55 bits per heavy atom. The highest BCUT2D eigenvalue weighted by molar-refractivity contribution is 6.07. The highest BCUT2D eigenvalue weighted by atomic mass is 16.1. The number of aromatic nitrogens is 1. The van der Waals surface area contributed by atoms with E-state index in [1.807, 2.05) is 32.0 Å². The molecule has 0 unspecified atom stereocenters. The number of rotatable bonds is 2. The number of amides is 1. The van der Waals surface area contributed by atoms with Crippen molar-refractivity contribution in [2.24, 2.45) is 0 Å². The molecule has 2 aromatic carbocycles. The van der Waals surface area contributed by atoms with Crippen LogP contribution in [0, 0.1) is 25.2 Å². The molecule has 3 aromatic rings. The minimum atomic E-state index is -0.184. The number of nitrogens with one attached hydrogen (secondary N) is 2. The topological polar surface area (TPSA) is 68.7 Å². The molecule has 108 valence electrons. The molecule has 0 bridgehead atoms. The average molecular weight is 289 g/mol. The molecule has 0 saturated carbocycles. The van der Waals surface area contributed by atoms with Gasteiger partial charge >= 0.3 is 0 Å². The molecule has 0 fully saturated rings. The number of aryl methyl sites for hydroxylation is 2. The Kier molecular flexibility index (Phi) is 3.40. The third kappa shape index (κ3) is 2.45. The first-order valence-corrected chi connectivity index (χ1v) is 6.99. The molecule has 0 spiro atoms. The number of aromatic amines is 1. The first kappa shape index (κ1) is 13.9. The molecule has 1 heterocycles. The van der Waals surface area contributed by atoms with Crippen LogP contribution in [-0.2, 0) is 0 Å². The van der Waals surface area contributed by atoms with E-state index in [0.29, 0.717) is 16.9 Å². The summed E-state index contributed by atoms with van der Waals surface area (Å²) in [5.41, 5.74) is 4.83. The third-order valence-corrected chi connectivity index (χ3v) is 3.71. The summed E-state index contributed by atoms with van der Waals surface area (Å²) in [4.78, 5) is 15.6. The number of H-pyrrole nitrogens is 1. The number of hydrogen-bond donors (Lipinski definition) is 2. The second-order valence-electron chi connectivity index (χ2n) is 5.32. The predicted octanol–water partition coefficient (Wildman–Crippen LogP) is 3.91. The van der Waals surface area contributed by atoms with E-state index in [1.54, 1.807) is 24.3 Å². The van der Waals surface area contributed by atoms with Crippen molar-refractivity contribution in [2.75, 3.05) is 5.32 Å². The van der Waals surface area contributed by atoms with Crippen molar-refractivity contribution in [1.82, 2.24) is 4.98 Å². The van der Waals surface area contributed by atoms with Crippen LogP contribution in [0.2, 0.25) is 0 Å². The standard InChI is InChI=1S/C18H15N3O/c1-11-3-8-15-12(2)17(21-16(15)9-11)18(22)20-14-6-4-13(10-19)5-7-14/h3-9,21H,1-2H3,(H,20,22). The summed E-state index contributed by atoms with van der Waals surface area (Å²) < 4.78 is 0. The molecule has 0 radical (unpaired) electrons. The van der Waals surface area contributed by atoms with E-state index in [9.17, 15) is 4.79 Å². The van der Waals surface area contributed by atoms with Gasteiger partial charge in [0.15, 0.2) is 0 Å². The van der Waals surface area contributed by atoms with Gasteiger partial charge in [0.2, 0.25) is 0 Å². The van der Waals surface area contributed by atoms with Crippen molar-refractivity contribution in [3.63, 3.8) is 0 Å². The van der Waals surface area contributed by atoms with Gasteiger partial charge in [0, 0.05) is 16.6 Å². The van der Waals surface area contributed by atoms with Gasteiger partial charge in [-0.25, -0.2) is 0 Å². The van der Waals surface area contributed by atoms with Gasteiger partial charge in [-0.05, 0) is 55.3 Å². The zero-order valence-corrected chi connectivity index (χ0v) is 12.4. The van der Waals surface area contributed by atoms with Gasteiger partial charge in [-0.15, -0.1) is 0 Å². The number of nitriles is 1. The van der Waals surface area contributed by atoms with Gasteiger partial charge in [0.25, 0.3) is 5.91 Å². The molecule has 2 N–H and O–H groups in total. The van der Waals surface area contributed by atoms with Crippen LogP contribution in [0.4, 0.5) is 5.69 Å². The molecular formula is C18H15N3O. The highest BCUT2D eigenvalue weighted by Gasteiger charge is 2.14. The lowest BCUT2D eigenvalue weighted by molar-refractivity contribution is 0.102. The monoisotopic (exact) mass is 289 g/mol. The molecule has 1 aromatic heterocycles. The van der Waals surface area contributed by atoms with Crippen molar-refractivity contribution in [3.8, 4) is 6.07 Å². The van der Waals surface area contributed by atoms with E-state index < -0.39 is 0 Å². The number of hydrogen-bond acceptors (Lipinski definition) is 2. The van der Waals surface area contributed by atoms with E-state index in [0.717, 1.165) is 22.0 Å². The quantitative estimate of drug-likeness (QED) is 0.751. The summed E-state index contributed by atoms with van der Waals surface area (Å²) in [5.74, 6) is -0.184. The number of carbonyl (C=O) groups is 1. The minimum Gasteiger partial charge on any atom is -0.350 e. The van der Waals surface area contributed by atoms with Crippen molar-refractivity contribution >= 4 is 22.5 Å². The fraction of sp³-hybridized carbons (Fsp3) is 0.111. The van der Waals surface area contributed by atoms with E-state index in [-0.39, 0.29) is 5.91 Å². The Balaban J connectivity index is 1.91. The van der Waals surface area contributed by atoms with Crippen LogP contribution in [0.3, 0.4) is 0 Å². The fourth-order valence-electron chi connectivity index (χ4n) is 2.50. The number of benzene rings is 2. The molecule has 1 amide bonds. The first-order chi connectivity index (χ1) is 10.6. The molecule has 3 rings (SSSR count). The van der Waals surface area contributed by atoms with E-state index in [1.165, 1.54) is 0 Å². The Morgan fingerprint density at radius 1 is 1.14 bits per heavy atom. The normalized spacial score (nSPS) is 10.4. The zero-order valence-electron chi connectivity index (χ0n) is 12.4. The number of anilines is 1. The van der Waals surface area contributed by atoms with Gasteiger partial charge in [-0.2, -0.15) is 5.26 Å². The van der Waals surface area contributed by atoms with Crippen molar-refractivity contribution < 1.29 is 4.79 Å². The summed E-state index contributed by atoms with van der Waals surface area (Å²) in [6, 6.07) is 14.9. The highest BCUT2D eigenvalue weighted by Crippen LogP contribution is 2.23. The maximum atomic E-state index is 12.4. The Labute approximate surface area is 128 Å². The van der Waals surface area contributed by atoms with Crippen LogP contribution in [0.15, 0.2) is 42.5 Å². The summed E-state index contributed by atoms with van der Waals surface area (Å²) >= 11 is 0. The van der Waals surface area contributed by atoms with Crippen LogP contribution < -0.4 is 5.32 Å².